The van der Waals surface area contributed by atoms with Gasteiger partial charge in [-0.05, 0) is 25.8 Å². The van der Waals surface area contributed by atoms with Gasteiger partial charge >= 0.3 is 0 Å². The highest BCUT2D eigenvalue weighted by Gasteiger charge is 2.34. The van der Waals surface area contributed by atoms with Gasteiger partial charge in [0.1, 0.15) is 0 Å². The minimum absolute atomic E-state index is 0.197. The zero-order chi connectivity index (χ0) is 10.8. The van der Waals surface area contributed by atoms with Gasteiger partial charge < -0.3 is 10.4 Å². The maximum absolute atomic E-state index is 9.74. The molecular weight excluding hydrogens is 186 g/mol. The lowest BCUT2D eigenvalue weighted by atomic mass is 9.89. The molecule has 0 radical (unpaired) electrons. The zero-order valence-corrected chi connectivity index (χ0v) is 9.35. The van der Waals surface area contributed by atoms with Crippen LogP contribution in [0, 0.1) is 0 Å². The van der Waals surface area contributed by atoms with Gasteiger partial charge in [-0.25, -0.2) is 0 Å². The van der Waals surface area contributed by atoms with E-state index in [1.165, 1.54) is 5.56 Å². The molecule has 0 aromatic heterocycles. The Labute approximate surface area is 91.3 Å². The highest BCUT2D eigenvalue weighted by Crippen LogP contribution is 2.32. The van der Waals surface area contributed by atoms with Gasteiger partial charge in [-0.3, -0.25) is 0 Å². The number of hydrogen-bond acceptors (Lipinski definition) is 2. The summed E-state index contributed by atoms with van der Waals surface area (Å²) in [4.78, 5) is 0. The van der Waals surface area contributed by atoms with Crippen LogP contribution in [0.25, 0.3) is 0 Å². The summed E-state index contributed by atoms with van der Waals surface area (Å²) in [5.41, 5.74) is 1.33. The van der Waals surface area contributed by atoms with Gasteiger partial charge in [-0.15, -0.1) is 0 Å². The Morgan fingerprint density at radius 2 is 2.00 bits per heavy atom. The summed E-state index contributed by atoms with van der Waals surface area (Å²) in [7, 11) is 0. The third-order valence-corrected chi connectivity index (χ3v) is 3.27. The van der Waals surface area contributed by atoms with Crippen LogP contribution in [0.2, 0.25) is 0 Å². The predicted molar refractivity (Wildman–Crippen MR) is 61.9 cm³/mol. The van der Waals surface area contributed by atoms with Gasteiger partial charge in [0.05, 0.1) is 6.10 Å². The molecule has 82 valence electrons. The smallest absolute Gasteiger partial charge is 0.0671 e. The van der Waals surface area contributed by atoms with Crippen molar-refractivity contribution >= 4 is 0 Å². The van der Waals surface area contributed by atoms with Gasteiger partial charge in [0.15, 0.2) is 0 Å². The van der Waals surface area contributed by atoms with E-state index in [1.807, 2.05) is 13.0 Å². The molecule has 2 nitrogen and oxygen atoms in total. The van der Waals surface area contributed by atoms with Crippen LogP contribution in [0.15, 0.2) is 30.3 Å². The first-order valence-electron chi connectivity index (χ1n) is 5.67. The van der Waals surface area contributed by atoms with Gasteiger partial charge in [-0.2, -0.15) is 0 Å². The largest absolute Gasteiger partial charge is 0.392 e. The molecule has 1 aromatic rings. The number of aliphatic hydroxyl groups excluding tert-OH is 1. The molecule has 1 aliphatic rings. The van der Waals surface area contributed by atoms with Gasteiger partial charge in [0.2, 0.25) is 0 Å². The second-order valence-electron chi connectivity index (χ2n) is 4.59. The zero-order valence-electron chi connectivity index (χ0n) is 9.35. The van der Waals surface area contributed by atoms with E-state index >= 15 is 0 Å². The van der Waals surface area contributed by atoms with E-state index in [2.05, 4.69) is 36.5 Å². The molecule has 0 bridgehead atoms. The Morgan fingerprint density at radius 1 is 1.33 bits per heavy atom. The summed E-state index contributed by atoms with van der Waals surface area (Å²) in [6, 6.07) is 11.2. The Balaban J connectivity index is 2.21. The topological polar surface area (TPSA) is 32.3 Å². The van der Waals surface area contributed by atoms with E-state index < -0.39 is 0 Å². The van der Waals surface area contributed by atoms with Crippen molar-refractivity contribution in [3.05, 3.63) is 35.9 Å². The van der Waals surface area contributed by atoms with Gasteiger partial charge in [-0.1, -0.05) is 30.3 Å². The van der Waals surface area contributed by atoms with E-state index in [4.69, 9.17) is 0 Å². The fourth-order valence-electron chi connectivity index (χ4n) is 2.56. The van der Waals surface area contributed by atoms with Crippen molar-refractivity contribution in [2.24, 2.45) is 0 Å². The maximum atomic E-state index is 9.74. The fraction of sp³-hybridized carbons (Fsp3) is 0.538. The van der Waals surface area contributed by atoms with Crippen molar-refractivity contribution in [3.8, 4) is 0 Å². The Bertz CT molecular complexity index is 310. The lowest BCUT2D eigenvalue weighted by molar-refractivity contribution is 0.145. The summed E-state index contributed by atoms with van der Waals surface area (Å²) < 4.78 is 0. The van der Waals surface area contributed by atoms with Crippen LogP contribution >= 0.6 is 0 Å². The lowest BCUT2D eigenvalue weighted by Gasteiger charge is -2.22. The molecule has 0 unspecified atom stereocenters. The van der Waals surface area contributed by atoms with Crippen LogP contribution in [-0.2, 0) is 0 Å². The van der Waals surface area contributed by atoms with E-state index in [1.54, 1.807) is 0 Å². The SMILES string of the molecule is C[C@@H]1C[C@H](c2ccccc2)[C@@H]([C@H](C)O)N1. The third kappa shape index (κ3) is 2.21. The Morgan fingerprint density at radius 3 is 2.60 bits per heavy atom. The van der Waals surface area contributed by atoms with E-state index in [0.29, 0.717) is 12.0 Å². The van der Waals surface area contributed by atoms with Crippen molar-refractivity contribution < 1.29 is 5.11 Å². The number of rotatable bonds is 2. The Kier molecular flexibility index (Phi) is 3.08. The van der Waals surface area contributed by atoms with Crippen molar-refractivity contribution in [1.29, 1.82) is 0 Å². The second-order valence-corrected chi connectivity index (χ2v) is 4.59. The molecule has 1 aliphatic heterocycles. The van der Waals surface area contributed by atoms with E-state index in [9.17, 15) is 5.11 Å². The average molecular weight is 205 g/mol. The molecule has 2 rings (SSSR count). The molecule has 0 saturated carbocycles. The molecule has 0 spiro atoms. The normalized spacial score (nSPS) is 32.9. The molecule has 0 amide bonds. The molecule has 1 aromatic carbocycles. The molecule has 4 atom stereocenters. The van der Waals surface area contributed by atoms with Gasteiger partial charge in [0.25, 0.3) is 0 Å². The van der Waals surface area contributed by atoms with Crippen LogP contribution in [0.5, 0.6) is 0 Å². The summed E-state index contributed by atoms with van der Waals surface area (Å²) >= 11 is 0. The van der Waals surface area contributed by atoms with Crippen LogP contribution < -0.4 is 5.32 Å². The number of benzene rings is 1. The molecule has 2 heteroatoms. The summed E-state index contributed by atoms with van der Waals surface area (Å²) in [5, 5.41) is 13.2. The molecule has 1 saturated heterocycles. The van der Waals surface area contributed by atoms with Gasteiger partial charge in [0, 0.05) is 18.0 Å². The van der Waals surface area contributed by atoms with Crippen molar-refractivity contribution in [2.75, 3.05) is 0 Å². The first-order valence-corrected chi connectivity index (χ1v) is 5.67. The fourth-order valence-corrected chi connectivity index (χ4v) is 2.56. The highest BCUT2D eigenvalue weighted by atomic mass is 16.3. The molecule has 2 N–H and O–H groups in total. The number of nitrogens with one attached hydrogen (secondary N) is 1. The molecule has 1 fully saturated rings. The molecule has 0 aliphatic carbocycles. The first kappa shape index (κ1) is 10.7. The molecule has 15 heavy (non-hydrogen) atoms. The van der Waals surface area contributed by atoms with Crippen molar-refractivity contribution in [1.82, 2.24) is 5.32 Å². The number of hydrogen-bond donors (Lipinski definition) is 2. The third-order valence-electron chi connectivity index (χ3n) is 3.27. The monoisotopic (exact) mass is 205 g/mol. The van der Waals surface area contributed by atoms with Crippen LogP contribution in [0.1, 0.15) is 31.7 Å². The first-order chi connectivity index (χ1) is 7.18. The summed E-state index contributed by atoms with van der Waals surface area (Å²) in [6.45, 7) is 4.05. The van der Waals surface area contributed by atoms with Crippen LogP contribution in [-0.4, -0.2) is 23.3 Å². The van der Waals surface area contributed by atoms with Crippen molar-refractivity contribution in [3.63, 3.8) is 0 Å². The summed E-state index contributed by atoms with van der Waals surface area (Å²) in [5.74, 6) is 0.446. The van der Waals surface area contributed by atoms with E-state index in [0.717, 1.165) is 6.42 Å². The lowest BCUT2D eigenvalue weighted by Crippen LogP contribution is -2.38. The van der Waals surface area contributed by atoms with Crippen LogP contribution in [0.4, 0.5) is 0 Å². The number of aliphatic hydroxyl groups is 1. The van der Waals surface area contributed by atoms with Crippen LogP contribution in [0.3, 0.4) is 0 Å². The standard InChI is InChI=1S/C13H19NO/c1-9-8-12(13(14-9)10(2)15)11-6-4-3-5-7-11/h3-7,9-10,12-15H,8H2,1-2H3/t9-,10+,12-,13-/m1/s1. The average Bonchev–Trinajstić information content (AvgIpc) is 2.62. The van der Waals surface area contributed by atoms with Crippen molar-refractivity contribution in [2.45, 2.75) is 44.4 Å². The summed E-state index contributed by atoms with van der Waals surface area (Å²) in [6.07, 6.45) is 0.819. The van der Waals surface area contributed by atoms with E-state index in [-0.39, 0.29) is 12.1 Å². The maximum Gasteiger partial charge on any atom is 0.0671 e. The minimum atomic E-state index is -0.292. The minimum Gasteiger partial charge on any atom is -0.392 e. The Hall–Kier alpha value is -0.860. The quantitative estimate of drug-likeness (QED) is 0.773. The predicted octanol–water partition coefficient (Wildman–Crippen LogP) is 1.90. The molecule has 1 heterocycles. The second kappa shape index (κ2) is 4.33. The highest BCUT2D eigenvalue weighted by molar-refractivity contribution is 5.23. The molecular formula is C13H19NO.